The van der Waals surface area contributed by atoms with Crippen molar-refractivity contribution in [3.05, 3.63) is 29.8 Å². The molecular weight excluding hydrogens is 298 g/mol. The molecule has 2 aliphatic heterocycles. The number of nitrogens with one attached hydrogen (secondary N) is 1. The van der Waals surface area contributed by atoms with E-state index in [9.17, 15) is 0 Å². The van der Waals surface area contributed by atoms with Crippen molar-refractivity contribution in [2.45, 2.75) is 50.8 Å². The maximum atomic E-state index is 5.91. The summed E-state index contributed by atoms with van der Waals surface area (Å²) in [6.07, 6.45) is 7.20. The van der Waals surface area contributed by atoms with Gasteiger partial charge in [0.25, 0.3) is 0 Å². The first kappa shape index (κ1) is 16.4. The first-order valence-electron chi connectivity index (χ1n) is 9.79. The Morgan fingerprint density at radius 1 is 1.00 bits per heavy atom. The van der Waals surface area contributed by atoms with Crippen molar-refractivity contribution in [1.82, 2.24) is 10.2 Å². The molecule has 4 nitrogen and oxygen atoms in total. The van der Waals surface area contributed by atoms with Crippen molar-refractivity contribution in [1.29, 1.82) is 0 Å². The normalized spacial score (nSPS) is 25.8. The number of rotatable bonds is 6. The number of hydrogen-bond acceptors (Lipinski definition) is 4. The zero-order chi connectivity index (χ0) is 16.2. The lowest BCUT2D eigenvalue weighted by molar-refractivity contribution is -0.0301. The standard InChI is InChI=1S/C20H31N3O/c1-2-10-22(11-3-1)18-6-4-17(5-7-18)14-21-15-20-16-23(12-13-24-20)19-8-9-19/h4-7,19-21H,1-3,8-16H2/t20-/m1/s1. The summed E-state index contributed by atoms with van der Waals surface area (Å²) in [5.41, 5.74) is 2.75. The summed E-state index contributed by atoms with van der Waals surface area (Å²) in [7, 11) is 0. The van der Waals surface area contributed by atoms with Gasteiger partial charge in [0.15, 0.2) is 0 Å². The van der Waals surface area contributed by atoms with Gasteiger partial charge in [-0.2, -0.15) is 0 Å². The van der Waals surface area contributed by atoms with E-state index in [1.807, 2.05) is 0 Å². The fraction of sp³-hybridized carbons (Fsp3) is 0.700. The van der Waals surface area contributed by atoms with E-state index in [2.05, 4.69) is 39.4 Å². The number of piperidine rings is 1. The van der Waals surface area contributed by atoms with Crippen LogP contribution in [-0.4, -0.2) is 56.4 Å². The summed E-state index contributed by atoms with van der Waals surface area (Å²) in [5.74, 6) is 0. The maximum Gasteiger partial charge on any atom is 0.0826 e. The van der Waals surface area contributed by atoms with Gasteiger partial charge in [0, 0.05) is 51.0 Å². The van der Waals surface area contributed by atoms with Gasteiger partial charge in [0.05, 0.1) is 12.7 Å². The first-order valence-corrected chi connectivity index (χ1v) is 9.79. The van der Waals surface area contributed by atoms with E-state index in [0.717, 1.165) is 38.8 Å². The molecule has 24 heavy (non-hydrogen) atoms. The Hall–Kier alpha value is -1.10. The molecule has 1 N–H and O–H groups in total. The monoisotopic (exact) mass is 329 g/mol. The van der Waals surface area contributed by atoms with Gasteiger partial charge in [-0.25, -0.2) is 0 Å². The average Bonchev–Trinajstić information content (AvgIpc) is 3.49. The van der Waals surface area contributed by atoms with Crippen LogP contribution in [0.3, 0.4) is 0 Å². The highest BCUT2D eigenvalue weighted by atomic mass is 16.5. The van der Waals surface area contributed by atoms with Crippen molar-refractivity contribution in [2.75, 3.05) is 44.2 Å². The quantitative estimate of drug-likeness (QED) is 0.868. The molecule has 0 aromatic heterocycles. The highest BCUT2D eigenvalue weighted by Crippen LogP contribution is 2.28. The molecule has 1 aromatic rings. The molecule has 132 valence electrons. The second kappa shape index (κ2) is 7.85. The van der Waals surface area contributed by atoms with Crippen molar-refractivity contribution in [3.8, 4) is 0 Å². The molecule has 3 fully saturated rings. The highest BCUT2D eigenvalue weighted by Gasteiger charge is 2.32. The average molecular weight is 329 g/mol. The first-order chi connectivity index (χ1) is 11.9. The third-order valence-electron chi connectivity index (χ3n) is 5.59. The van der Waals surface area contributed by atoms with Gasteiger partial charge < -0.3 is 15.0 Å². The minimum absolute atomic E-state index is 0.354. The minimum Gasteiger partial charge on any atom is -0.374 e. The minimum atomic E-state index is 0.354. The number of hydrogen-bond donors (Lipinski definition) is 1. The van der Waals surface area contributed by atoms with Crippen LogP contribution in [-0.2, 0) is 11.3 Å². The molecular formula is C20H31N3O. The Labute approximate surface area is 146 Å². The molecule has 1 atom stereocenters. The van der Waals surface area contributed by atoms with E-state index >= 15 is 0 Å². The van der Waals surface area contributed by atoms with Gasteiger partial charge >= 0.3 is 0 Å². The number of anilines is 1. The topological polar surface area (TPSA) is 27.7 Å². The number of nitrogens with zero attached hydrogens (tertiary/aromatic N) is 2. The Morgan fingerprint density at radius 3 is 2.54 bits per heavy atom. The van der Waals surface area contributed by atoms with Gasteiger partial charge in [-0.15, -0.1) is 0 Å². The van der Waals surface area contributed by atoms with Gasteiger partial charge in [0.1, 0.15) is 0 Å². The molecule has 4 heteroatoms. The Kier molecular flexibility index (Phi) is 5.36. The summed E-state index contributed by atoms with van der Waals surface area (Å²) in [6.45, 7) is 7.45. The Bertz CT molecular complexity index is 508. The zero-order valence-electron chi connectivity index (χ0n) is 14.8. The fourth-order valence-corrected chi connectivity index (χ4v) is 3.99. The predicted molar refractivity (Wildman–Crippen MR) is 98.5 cm³/mol. The van der Waals surface area contributed by atoms with E-state index in [4.69, 9.17) is 4.74 Å². The van der Waals surface area contributed by atoms with Crippen LogP contribution in [0.1, 0.15) is 37.7 Å². The van der Waals surface area contributed by atoms with Crippen LogP contribution in [0.15, 0.2) is 24.3 Å². The molecule has 4 rings (SSSR count). The lowest BCUT2D eigenvalue weighted by Crippen LogP contribution is -2.47. The van der Waals surface area contributed by atoms with E-state index in [0.29, 0.717) is 6.10 Å². The number of ether oxygens (including phenoxy) is 1. The highest BCUT2D eigenvalue weighted by molar-refractivity contribution is 5.47. The summed E-state index contributed by atoms with van der Waals surface area (Å²) < 4.78 is 5.91. The Morgan fingerprint density at radius 2 is 1.79 bits per heavy atom. The van der Waals surface area contributed by atoms with Gasteiger partial charge in [-0.3, -0.25) is 4.90 Å². The van der Waals surface area contributed by atoms with Crippen molar-refractivity contribution >= 4 is 5.69 Å². The predicted octanol–water partition coefficient (Wildman–Crippen LogP) is 2.63. The van der Waals surface area contributed by atoms with Crippen LogP contribution in [0, 0.1) is 0 Å². The van der Waals surface area contributed by atoms with E-state index in [1.165, 1.54) is 56.4 Å². The van der Waals surface area contributed by atoms with Gasteiger partial charge in [0.2, 0.25) is 0 Å². The van der Waals surface area contributed by atoms with Crippen LogP contribution >= 0.6 is 0 Å². The lowest BCUT2D eigenvalue weighted by atomic mass is 10.1. The van der Waals surface area contributed by atoms with Crippen LogP contribution < -0.4 is 10.2 Å². The molecule has 1 aromatic carbocycles. The molecule has 2 saturated heterocycles. The van der Waals surface area contributed by atoms with Crippen LogP contribution in [0.25, 0.3) is 0 Å². The third kappa shape index (κ3) is 4.29. The van der Waals surface area contributed by atoms with Crippen molar-refractivity contribution in [2.24, 2.45) is 0 Å². The third-order valence-corrected chi connectivity index (χ3v) is 5.59. The molecule has 2 heterocycles. The summed E-state index contributed by atoms with van der Waals surface area (Å²) >= 11 is 0. The molecule has 0 amide bonds. The van der Waals surface area contributed by atoms with Gasteiger partial charge in [-0.05, 0) is 49.8 Å². The van der Waals surface area contributed by atoms with Gasteiger partial charge in [-0.1, -0.05) is 12.1 Å². The second-order valence-corrected chi connectivity index (χ2v) is 7.56. The molecule has 0 radical (unpaired) electrons. The van der Waals surface area contributed by atoms with E-state index in [1.54, 1.807) is 0 Å². The van der Waals surface area contributed by atoms with E-state index < -0.39 is 0 Å². The molecule has 1 aliphatic carbocycles. The van der Waals surface area contributed by atoms with Crippen molar-refractivity contribution in [3.63, 3.8) is 0 Å². The van der Waals surface area contributed by atoms with Crippen LogP contribution in [0.4, 0.5) is 5.69 Å². The SMILES string of the molecule is c1cc(N2CCCCC2)ccc1CNC[C@@H]1CN(C2CC2)CCO1. The summed E-state index contributed by atoms with van der Waals surface area (Å²) in [6, 6.07) is 9.98. The van der Waals surface area contributed by atoms with Crippen LogP contribution in [0.5, 0.6) is 0 Å². The largest absolute Gasteiger partial charge is 0.374 e. The summed E-state index contributed by atoms with van der Waals surface area (Å²) in [5, 5.41) is 3.59. The number of morpholine rings is 1. The second-order valence-electron chi connectivity index (χ2n) is 7.56. The van der Waals surface area contributed by atoms with E-state index in [-0.39, 0.29) is 0 Å². The Balaban J connectivity index is 1.21. The summed E-state index contributed by atoms with van der Waals surface area (Å²) in [4.78, 5) is 5.13. The lowest BCUT2D eigenvalue weighted by Gasteiger charge is -2.33. The smallest absolute Gasteiger partial charge is 0.0826 e. The fourth-order valence-electron chi connectivity index (χ4n) is 3.99. The maximum absolute atomic E-state index is 5.91. The van der Waals surface area contributed by atoms with Crippen molar-refractivity contribution < 1.29 is 4.74 Å². The molecule has 0 unspecified atom stereocenters. The molecule has 0 bridgehead atoms. The zero-order valence-corrected chi connectivity index (χ0v) is 14.8. The molecule has 3 aliphatic rings. The molecule has 1 saturated carbocycles. The van der Waals surface area contributed by atoms with Crippen LogP contribution in [0.2, 0.25) is 0 Å². The number of benzene rings is 1. The molecule has 0 spiro atoms.